The highest BCUT2D eigenvalue weighted by Gasteiger charge is 2.22. The van der Waals surface area contributed by atoms with E-state index in [0.29, 0.717) is 4.99 Å². The van der Waals surface area contributed by atoms with Gasteiger partial charge in [0.05, 0.1) is 11.6 Å². The molecule has 0 spiro atoms. The third-order valence-electron chi connectivity index (χ3n) is 2.88. The highest BCUT2D eigenvalue weighted by Crippen LogP contribution is 2.02. The molecule has 7 nitrogen and oxygen atoms in total. The number of nitrogens with zero attached hydrogens (tertiary/aromatic N) is 4. The second-order valence-corrected chi connectivity index (χ2v) is 5.19. The summed E-state index contributed by atoms with van der Waals surface area (Å²) in [6.45, 7) is 1.34. The van der Waals surface area contributed by atoms with Gasteiger partial charge in [0.2, 0.25) is 11.8 Å². The quantitative estimate of drug-likeness (QED) is 0.433. The maximum Gasteiger partial charge on any atom is 0.250 e. The van der Waals surface area contributed by atoms with Crippen molar-refractivity contribution in [1.29, 1.82) is 0 Å². The lowest BCUT2D eigenvalue weighted by molar-refractivity contribution is -0.148. The maximum absolute atomic E-state index is 12.0. The zero-order chi connectivity index (χ0) is 16.0. The van der Waals surface area contributed by atoms with Crippen molar-refractivity contribution in [2.45, 2.75) is 13.3 Å². The van der Waals surface area contributed by atoms with Crippen molar-refractivity contribution in [2.75, 3.05) is 34.8 Å². The zero-order valence-electron chi connectivity index (χ0n) is 12.3. The van der Waals surface area contributed by atoms with Crippen LogP contribution in [0.15, 0.2) is 0 Å². The van der Waals surface area contributed by atoms with Crippen LogP contribution in [-0.2, 0) is 9.59 Å². The molecule has 0 fully saturated rings. The molecular formula is C11H20N4O3S2. The monoisotopic (exact) mass is 320 g/mol. The van der Waals surface area contributed by atoms with Gasteiger partial charge in [-0.05, 0) is 6.92 Å². The summed E-state index contributed by atoms with van der Waals surface area (Å²) < 4.78 is 0. The summed E-state index contributed by atoms with van der Waals surface area (Å²) in [6.07, 6.45) is -0.321. The molecule has 20 heavy (non-hydrogen) atoms. The predicted molar refractivity (Wildman–Crippen MR) is 83.6 cm³/mol. The molecule has 0 saturated heterocycles. The van der Waals surface area contributed by atoms with Crippen LogP contribution < -0.4 is 0 Å². The molecule has 114 valence electrons. The summed E-state index contributed by atoms with van der Waals surface area (Å²) in [6, 6.07) is 0. The first-order chi connectivity index (χ1) is 9.13. The predicted octanol–water partition coefficient (Wildman–Crippen LogP) is -0.346. The molecule has 0 unspecified atom stereocenters. The molecule has 9 heteroatoms. The largest absolute Gasteiger partial charge is 0.389 e. The van der Waals surface area contributed by atoms with Gasteiger partial charge in [0, 0.05) is 28.2 Å². The van der Waals surface area contributed by atoms with Crippen molar-refractivity contribution >= 4 is 46.2 Å². The van der Waals surface area contributed by atoms with Crippen molar-refractivity contribution in [3.05, 3.63) is 0 Å². The molecule has 0 aliphatic carbocycles. The number of hydrogen-bond donors (Lipinski definition) is 1. The smallest absolute Gasteiger partial charge is 0.250 e. The number of hydrogen-bond acceptors (Lipinski definition) is 5. The number of aliphatic hydroxyl groups excluding tert-OH is 1. The van der Waals surface area contributed by atoms with E-state index in [1.807, 2.05) is 0 Å². The molecule has 0 aromatic heterocycles. The van der Waals surface area contributed by atoms with Gasteiger partial charge in [0.1, 0.15) is 11.4 Å². The maximum atomic E-state index is 12.0. The van der Waals surface area contributed by atoms with Gasteiger partial charge in [-0.3, -0.25) is 29.6 Å². The van der Waals surface area contributed by atoms with E-state index in [0.717, 1.165) is 0 Å². The number of hydrazine groups is 2. The summed E-state index contributed by atoms with van der Waals surface area (Å²) in [4.78, 5) is 24.6. The van der Waals surface area contributed by atoms with Crippen LogP contribution in [0.1, 0.15) is 13.3 Å². The second-order valence-electron chi connectivity index (χ2n) is 4.13. The van der Waals surface area contributed by atoms with Crippen LogP contribution in [0.4, 0.5) is 0 Å². The van der Waals surface area contributed by atoms with Gasteiger partial charge < -0.3 is 5.11 Å². The first kappa shape index (κ1) is 18.7. The summed E-state index contributed by atoms with van der Waals surface area (Å²) in [7, 11) is 6.19. The SMILES string of the molecule is CC(=S)N(C)N(C)C(=O)CC(=O)N(C)N(C)C(=S)CO. The second kappa shape index (κ2) is 8.08. The topological polar surface area (TPSA) is 67.3 Å². The minimum absolute atomic E-state index is 0.188. The van der Waals surface area contributed by atoms with Crippen LogP contribution in [0.25, 0.3) is 0 Å². The van der Waals surface area contributed by atoms with E-state index in [1.54, 1.807) is 14.0 Å². The first-order valence-electron chi connectivity index (χ1n) is 5.78. The Morgan fingerprint density at radius 2 is 1.30 bits per heavy atom. The first-order valence-corrected chi connectivity index (χ1v) is 6.59. The molecule has 2 amide bonds. The summed E-state index contributed by atoms with van der Waals surface area (Å²) in [5, 5.41) is 14.2. The number of amides is 2. The Labute approximate surface area is 129 Å². The van der Waals surface area contributed by atoms with Crippen molar-refractivity contribution < 1.29 is 14.7 Å². The lowest BCUT2D eigenvalue weighted by atomic mass is 10.3. The Kier molecular flexibility index (Phi) is 7.54. The molecule has 0 aromatic rings. The number of thiocarbonyl (C=S) groups is 2. The molecule has 0 rings (SSSR count). The molecule has 0 aliphatic rings. The lowest BCUT2D eigenvalue weighted by Gasteiger charge is -2.32. The lowest BCUT2D eigenvalue weighted by Crippen LogP contribution is -2.48. The van der Waals surface area contributed by atoms with Gasteiger partial charge >= 0.3 is 0 Å². The number of rotatable bonds is 3. The summed E-state index contributed by atoms with van der Waals surface area (Å²) in [5.74, 6) is -0.826. The summed E-state index contributed by atoms with van der Waals surface area (Å²) in [5.41, 5.74) is 0. The Bertz CT molecular complexity index is 416. The number of likely N-dealkylation sites (N-methyl/N-ethyl adjacent to an activating group) is 1. The van der Waals surface area contributed by atoms with Crippen LogP contribution in [0.5, 0.6) is 0 Å². The van der Waals surface area contributed by atoms with Crippen LogP contribution in [0.3, 0.4) is 0 Å². The van der Waals surface area contributed by atoms with Gasteiger partial charge in [-0.25, -0.2) is 0 Å². The fraction of sp³-hybridized carbons (Fsp3) is 0.636. The fourth-order valence-electron chi connectivity index (χ4n) is 1.17. The zero-order valence-corrected chi connectivity index (χ0v) is 13.9. The Hall–Kier alpha value is -1.32. The minimum Gasteiger partial charge on any atom is -0.389 e. The molecule has 0 aliphatic heterocycles. The number of carbonyl (C=O) groups is 2. The van der Waals surface area contributed by atoms with Crippen molar-refractivity contribution in [2.24, 2.45) is 0 Å². The Balaban J connectivity index is 4.64. The van der Waals surface area contributed by atoms with Crippen LogP contribution >= 0.6 is 24.4 Å². The normalized spacial score (nSPS) is 9.70. The van der Waals surface area contributed by atoms with Crippen molar-refractivity contribution in [1.82, 2.24) is 20.0 Å². The third-order valence-corrected chi connectivity index (χ3v) is 3.53. The van der Waals surface area contributed by atoms with Gasteiger partial charge in [-0.15, -0.1) is 0 Å². The molecule has 0 aromatic carbocycles. The van der Waals surface area contributed by atoms with E-state index in [9.17, 15) is 9.59 Å². The third kappa shape index (κ3) is 4.99. The highest BCUT2D eigenvalue weighted by molar-refractivity contribution is 7.80. The van der Waals surface area contributed by atoms with E-state index >= 15 is 0 Å². The van der Waals surface area contributed by atoms with E-state index in [4.69, 9.17) is 29.5 Å². The highest BCUT2D eigenvalue weighted by atomic mass is 32.1. The van der Waals surface area contributed by atoms with Gasteiger partial charge in [0.25, 0.3) is 0 Å². The molecule has 0 atom stereocenters. The summed E-state index contributed by atoms with van der Waals surface area (Å²) >= 11 is 9.83. The molecule has 0 radical (unpaired) electrons. The molecule has 0 bridgehead atoms. The van der Waals surface area contributed by atoms with Crippen molar-refractivity contribution in [3.63, 3.8) is 0 Å². The Morgan fingerprint density at radius 1 is 0.900 bits per heavy atom. The average molecular weight is 320 g/mol. The standard InChI is InChI=1S/C11H20N4O3S2/c1-8(19)12(2)13(3)9(17)6-10(18)14(4)15(5)11(20)7-16/h16H,6-7H2,1-5H3. The van der Waals surface area contributed by atoms with Gasteiger partial charge in [0.15, 0.2) is 0 Å². The molecule has 1 N–H and O–H groups in total. The number of aliphatic hydroxyl groups is 1. The van der Waals surface area contributed by atoms with Crippen LogP contribution in [0.2, 0.25) is 0 Å². The van der Waals surface area contributed by atoms with Crippen LogP contribution in [-0.4, -0.2) is 81.7 Å². The van der Waals surface area contributed by atoms with Crippen molar-refractivity contribution in [3.8, 4) is 0 Å². The average Bonchev–Trinajstić information content (AvgIpc) is 2.42. The molecule has 0 saturated carbocycles. The minimum atomic E-state index is -0.435. The molecule has 0 heterocycles. The molecular weight excluding hydrogens is 300 g/mol. The van der Waals surface area contributed by atoms with E-state index in [1.165, 1.54) is 41.2 Å². The van der Waals surface area contributed by atoms with E-state index in [2.05, 4.69) is 0 Å². The Morgan fingerprint density at radius 3 is 1.65 bits per heavy atom. The van der Waals surface area contributed by atoms with E-state index < -0.39 is 11.8 Å². The van der Waals surface area contributed by atoms with Gasteiger partial charge in [-0.2, -0.15) is 0 Å². The van der Waals surface area contributed by atoms with Gasteiger partial charge in [-0.1, -0.05) is 24.4 Å². The fourth-order valence-corrected chi connectivity index (χ4v) is 1.42. The van der Waals surface area contributed by atoms with E-state index in [-0.39, 0.29) is 18.0 Å². The number of carbonyl (C=O) groups excluding carboxylic acids is 2. The van der Waals surface area contributed by atoms with Crippen LogP contribution in [0, 0.1) is 0 Å².